The number of anilines is 2. The molecule has 0 fully saturated rings. The molecule has 150 valence electrons. The Balaban J connectivity index is 1.45. The molecule has 0 spiro atoms. The Morgan fingerprint density at radius 1 is 0.933 bits per heavy atom. The lowest BCUT2D eigenvalue weighted by Gasteiger charge is -2.11. The number of amides is 2. The molecule has 2 N–H and O–H groups in total. The van der Waals surface area contributed by atoms with Crippen molar-refractivity contribution < 1.29 is 14.3 Å². The van der Waals surface area contributed by atoms with Crippen LogP contribution in [0.1, 0.15) is 6.92 Å². The number of nitrogens with one attached hydrogen (secondary N) is 2. The number of benzene rings is 3. The Labute approximate surface area is 177 Å². The first-order valence-electron chi connectivity index (χ1n) is 9.34. The Bertz CT molecular complexity index is 1190. The van der Waals surface area contributed by atoms with Crippen LogP contribution in [0.2, 0.25) is 0 Å². The quantitative estimate of drug-likeness (QED) is 0.466. The summed E-state index contributed by atoms with van der Waals surface area (Å²) in [7, 11) is 0. The molecule has 0 radical (unpaired) electrons. The van der Waals surface area contributed by atoms with Crippen LogP contribution in [0.4, 0.5) is 11.4 Å². The monoisotopic (exact) mass is 417 g/mol. The Morgan fingerprint density at radius 3 is 2.47 bits per heavy atom. The Hall–Kier alpha value is -3.71. The standard InChI is InChI=1S/C23H19N3O3S/c1-15(27)24-16-7-6-8-17(13-16)25-22(28)14-29-20-11-4-2-9-18(20)23-26-19-10-3-5-12-21(19)30-23/h2-13H,14H2,1H3,(H,24,27)(H,25,28). The molecule has 1 heterocycles. The maximum atomic E-state index is 12.4. The molecule has 30 heavy (non-hydrogen) atoms. The lowest BCUT2D eigenvalue weighted by atomic mass is 10.2. The molecule has 0 aliphatic heterocycles. The van der Waals surface area contributed by atoms with Gasteiger partial charge in [-0.3, -0.25) is 9.59 Å². The van der Waals surface area contributed by atoms with Crippen molar-refractivity contribution in [3.63, 3.8) is 0 Å². The van der Waals surface area contributed by atoms with Gasteiger partial charge < -0.3 is 15.4 Å². The molecule has 0 saturated heterocycles. The van der Waals surface area contributed by atoms with Crippen molar-refractivity contribution in [1.82, 2.24) is 4.98 Å². The van der Waals surface area contributed by atoms with Crippen LogP contribution in [0.3, 0.4) is 0 Å². The summed E-state index contributed by atoms with van der Waals surface area (Å²) in [5.41, 5.74) is 2.97. The van der Waals surface area contributed by atoms with E-state index < -0.39 is 0 Å². The highest BCUT2D eigenvalue weighted by molar-refractivity contribution is 7.21. The summed E-state index contributed by atoms with van der Waals surface area (Å²) in [5.74, 6) is 0.126. The van der Waals surface area contributed by atoms with Gasteiger partial charge in [0.1, 0.15) is 10.8 Å². The third kappa shape index (κ3) is 4.64. The number of carbonyl (C=O) groups is 2. The lowest BCUT2D eigenvalue weighted by molar-refractivity contribution is -0.118. The van der Waals surface area contributed by atoms with E-state index in [1.165, 1.54) is 6.92 Å². The molecule has 7 heteroatoms. The molecule has 0 atom stereocenters. The number of ether oxygens (including phenoxy) is 1. The number of hydrogen-bond donors (Lipinski definition) is 2. The predicted molar refractivity (Wildman–Crippen MR) is 120 cm³/mol. The molecular weight excluding hydrogens is 398 g/mol. The fraction of sp³-hybridized carbons (Fsp3) is 0.0870. The number of fused-ring (bicyclic) bond motifs is 1. The van der Waals surface area contributed by atoms with E-state index >= 15 is 0 Å². The number of rotatable bonds is 6. The van der Waals surface area contributed by atoms with E-state index in [0.29, 0.717) is 17.1 Å². The average molecular weight is 417 g/mol. The summed E-state index contributed by atoms with van der Waals surface area (Å²) in [6, 6.07) is 22.4. The van der Waals surface area contributed by atoms with Gasteiger partial charge in [-0.25, -0.2) is 4.98 Å². The molecule has 0 unspecified atom stereocenters. The van der Waals surface area contributed by atoms with E-state index in [-0.39, 0.29) is 18.4 Å². The minimum absolute atomic E-state index is 0.147. The molecule has 4 aromatic rings. The highest BCUT2D eigenvalue weighted by Crippen LogP contribution is 2.35. The lowest BCUT2D eigenvalue weighted by Crippen LogP contribution is -2.20. The number of aromatic nitrogens is 1. The number of nitrogens with zero attached hydrogens (tertiary/aromatic N) is 1. The van der Waals surface area contributed by atoms with Gasteiger partial charge in [-0.2, -0.15) is 0 Å². The average Bonchev–Trinajstić information content (AvgIpc) is 3.16. The van der Waals surface area contributed by atoms with Gasteiger partial charge >= 0.3 is 0 Å². The van der Waals surface area contributed by atoms with Crippen LogP contribution >= 0.6 is 11.3 Å². The predicted octanol–water partition coefficient (Wildman–Crippen LogP) is 4.94. The van der Waals surface area contributed by atoms with Crippen LogP contribution in [0.25, 0.3) is 20.8 Å². The molecule has 0 saturated carbocycles. The second-order valence-electron chi connectivity index (χ2n) is 6.58. The normalized spacial score (nSPS) is 10.6. The van der Waals surface area contributed by atoms with Gasteiger partial charge in [-0.15, -0.1) is 11.3 Å². The Kier molecular flexibility index (Phi) is 5.72. The van der Waals surface area contributed by atoms with Crippen LogP contribution in [0, 0.1) is 0 Å². The molecule has 2 amide bonds. The highest BCUT2D eigenvalue weighted by Gasteiger charge is 2.13. The number of thiazole rings is 1. The van der Waals surface area contributed by atoms with Gasteiger partial charge in [-0.1, -0.05) is 30.3 Å². The van der Waals surface area contributed by atoms with Crippen LogP contribution < -0.4 is 15.4 Å². The van der Waals surface area contributed by atoms with Crippen molar-refractivity contribution in [2.45, 2.75) is 6.92 Å². The summed E-state index contributed by atoms with van der Waals surface area (Å²) in [6.45, 7) is 1.29. The molecule has 1 aromatic heterocycles. The smallest absolute Gasteiger partial charge is 0.262 e. The molecular formula is C23H19N3O3S. The van der Waals surface area contributed by atoms with Gasteiger partial charge in [0.15, 0.2) is 6.61 Å². The summed E-state index contributed by atoms with van der Waals surface area (Å²) in [4.78, 5) is 28.2. The summed E-state index contributed by atoms with van der Waals surface area (Å²) >= 11 is 1.58. The fourth-order valence-corrected chi connectivity index (χ4v) is 3.97. The summed E-state index contributed by atoms with van der Waals surface area (Å²) < 4.78 is 6.90. The van der Waals surface area contributed by atoms with Gasteiger partial charge in [0.05, 0.1) is 15.8 Å². The van der Waals surface area contributed by atoms with E-state index in [2.05, 4.69) is 15.6 Å². The zero-order chi connectivity index (χ0) is 20.9. The maximum absolute atomic E-state index is 12.4. The van der Waals surface area contributed by atoms with Crippen LogP contribution in [-0.2, 0) is 9.59 Å². The van der Waals surface area contributed by atoms with Crippen molar-refractivity contribution in [3.8, 4) is 16.3 Å². The van der Waals surface area contributed by atoms with Crippen molar-refractivity contribution in [1.29, 1.82) is 0 Å². The van der Waals surface area contributed by atoms with E-state index in [0.717, 1.165) is 20.8 Å². The van der Waals surface area contributed by atoms with Crippen LogP contribution in [-0.4, -0.2) is 23.4 Å². The third-order valence-electron chi connectivity index (χ3n) is 4.24. The third-order valence-corrected chi connectivity index (χ3v) is 5.31. The molecule has 0 aliphatic rings. The topological polar surface area (TPSA) is 80.3 Å². The van der Waals surface area contributed by atoms with Crippen molar-refractivity contribution in [2.24, 2.45) is 0 Å². The van der Waals surface area contributed by atoms with E-state index in [1.54, 1.807) is 35.6 Å². The minimum atomic E-state index is -0.297. The van der Waals surface area contributed by atoms with Gasteiger partial charge in [0, 0.05) is 18.3 Å². The molecule has 0 bridgehead atoms. The molecule has 0 aliphatic carbocycles. The zero-order valence-electron chi connectivity index (χ0n) is 16.2. The van der Waals surface area contributed by atoms with E-state index in [4.69, 9.17) is 4.74 Å². The van der Waals surface area contributed by atoms with Gasteiger partial charge in [0.2, 0.25) is 5.91 Å². The summed E-state index contributed by atoms with van der Waals surface area (Å²) in [6.07, 6.45) is 0. The fourth-order valence-electron chi connectivity index (χ4n) is 2.97. The van der Waals surface area contributed by atoms with Gasteiger partial charge in [0.25, 0.3) is 5.91 Å². The van der Waals surface area contributed by atoms with Crippen LogP contribution in [0.15, 0.2) is 72.8 Å². The highest BCUT2D eigenvalue weighted by atomic mass is 32.1. The van der Waals surface area contributed by atoms with Crippen molar-refractivity contribution in [3.05, 3.63) is 72.8 Å². The number of carbonyl (C=O) groups excluding carboxylic acids is 2. The van der Waals surface area contributed by atoms with Crippen molar-refractivity contribution >= 4 is 44.7 Å². The largest absolute Gasteiger partial charge is 0.483 e. The van der Waals surface area contributed by atoms with E-state index in [9.17, 15) is 9.59 Å². The maximum Gasteiger partial charge on any atom is 0.262 e. The Morgan fingerprint density at radius 2 is 1.67 bits per heavy atom. The zero-order valence-corrected chi connectivity index (χ0v) is 17.0. The molecule has 3 aromatic carbocycles. The minimum Gasteiger partial charge on any atom is -0.483 e. The summed E-state index contributed by atoms with van der Waals surface area (Å²) in [5, 5.41) is 6.31. The number of hydrogen-bond acceptors (Lipinski definition) is 5. The van der Waals surface area contributed by atoms with Crippen LogP contribution in [0.5, 0.6) is 5.75 Å². The second kappa shape index (κ2) is 8.75. The molecule has 4 rings (SSSR count). The first kappa shape index (κ1) is 19.6. The SMILES string of the molecule is CC(=O)Nc1cccc(NC(=O)COc2ccccc2-c2nc3ccccc3s2)c1. The first-order valence-corrected chi connectivity index (χ1v) is 10.2. The van der Waals surface area contributed by atoms with E-state index in [1.807, 2.05) is 48.5 Å². The van der Waals surface area contributed by atoms with Gasteiger partial charge in [-0.05, 0) is 42.5 Å². The second-order valence-corrected chi connectivity index (χ2v) is 7.61. The van der Waals surface area contributed by atoms with Crippen molar-refractivity contribution in [2.75, 3.05) is 17.2 Å². The molecule has 6 nitrogen and oxygen atoms in total. The number of para-hydroxylation sites is 2. The first-order chi connectivity index (χ1) is 14.6.